The van der Waals surface area contributed by atoms with Crippen molar-refractivity contribution in [2.45, 2.75) is 168 Å². The fourth-order valence-electron chi connectivity index (χ4n) is 5.61. The molecule has 564 valence electrons. The van der Waals surface area contributed by atoms with Crippen LogP contribution in [0, 0.1) is 0 Å². The van der Waals surface area contributed by atoms with E-state index in [4.69, 9.17) is 5.11 Å². The average Bonchev–Trinajstić information content (AvgIpc) is 0.701. The molecule has 0 heterocycles. The van der Waals surface area contributed by atoms with Crippen molar-refractivity contribution in [3.63, 3.8) is 0 Å². The Balaban J connectivity index is 4.96. The normalized spacial score (nSPS) is 16.8. The smallest absolute Gasteiger partial charge is 0.424 e. The molecule has 0 bridgehead atoms. The Bertz CT molecular complexity index is 2780. The number of aliphatic hydroxyl groups is 1. The zero-order chi connectivity index (χ0) is 78.1. The third-order valence-corrected chi connectivity index (χ3v) is 11.2. The van der Waals surface area contributed by atoms with Gasteiger partial charge in [-0.05, 0) is 17.7 Å². The van der Waals surface area contributed by atoms with Crippen LogP contribution in [0.25, 0.3) is 0 Å². The van der Waals surface area contributed by atoms with Crippen molar-refractivity contribution in [2.75, 3.05) is 0 Å². The Morgan fingerprint density at radius 3 is 0.453 bits per heavy atom. The monoisotopic (exact) mass is 1560 g/mol. The number of aliphatic hydroxyl groups excluding tert-OH is 1. The van der Waals surface area contributed by atoms with Crippen LogP contribution in [0.5, 0.6) is 17.2 Å². The first-order chi connectivity index (χ1) is 40.2. The first-order valence-corrected chi connectivity index (χ1v) is 20.3. The van der Waals surface area contributed by atoms with Gasteiger partial charge in [0, 0.05) is 0 Å². The van der Waals surface area contributed by atoms with Gasteiger partial charge in [-0.15, -0.1) is 0 Å². The number of halogens is 57. The Kier molecular flexibility index (Phi) is 20.6. The molecule has 0 aliphatic carbocycles. The molecule has 0 aromatic heterocycles. The van der Waals surface area contributed by atoms with Gasteiger partial charge in [-0.2, -0.15) is 250 Å². The minimum Gasteiger partial charge on any atom is -0.424 e. The molecule has 0 fully saturated rings. The molecule has 0 radical (unpaired) electrons. The van der Waals surface area contributed by atoms with Crippen LogP contribution in [0.2, 0.25) is 0 Å². The zero-order valence-electron chi connectivity index (χ0n) is 40.6. The molecule has 0 aliphatic heterocycles. The average molecular weight is 1560 g/mol. The molecular formula is C34H5F57O4. The van der Waals surface area contributed by atoms with Gasteiger partial charge < -0.3 is 19.3 Å². The van der Waals surface area contributed by atoms with Gasteiger partial charge in [-0.1, -0.05) is 0 Å². The maximum absolute atomic E-state index is 15.2. The Morgan fingerprint density at radius 1 is 0.189 bits per heavy atom. The largest absolute Gasteiger partial charge is 0.471 e. The molecule has 0 spiro atoms. The SMILES string of the molecule is OCc1cc(OC(F)(F)C(F)(F)C(F)(F)C(F)(F)C(F)(F)C(F)(F)C(F)(F)C(F)(F)C(F)(F)F)c(OC(F)(F)C(F)(F)C(F)(F)C(F)(F)C(F)(F)C(F)(F)C(F)(F)C(F)(F)C(F)(F)F)c(OC(F)(F)C(F)(F)C(F)(F)C(F)(F)C(F)(F)C(F)(F)C(F)(F)C(F)(F)C(F)(F)F)c1. The molecule has 1 N–H and O–H groups in total. The summed E-state index contributed by atoms with van der Waals surface area (Å²) in [5.41, 5.74) is -3.14. The lowest BCUT2D eigenvalue weighted by Crippen LogP contribution is -2.76. The van der Waals surface area contributed by atoms with Gasteiger partial charge in [0.2, 0.25) is 5.75 Å². The Morgan fingerprint density at radius 2 is 0.316 bits per heavy atom. The van der Waals surface area contributed by atoms with Crippen LogP contribution < -0.4 is 14.2 Å². The predicted octanol–water partition coefficient (Wildman–Crippen LogP) is 19.1. The Hall–Kier alpha value is -5.41. The quantitative estimate of drug-likeness (QED) is 0.0850. The van der Waals surface area contributed by atoms with E-state index in [1.54, 1.807) is 14.2 Å². The van der Waals surface area contributed by atoms with Gasteiger partial charge in [0.15, 0.2) is 11.5 Å². The lowest BCUT2D eigenvalue weighted by atomic mass is 9.88. The zero-order valence-corrected chi connectivity index (χ0v) is 40.6. The summed E-state index contributed by atoms with van der Waals surface area (Å²) < 4.78 is 800. The minimum atomic E-state index is -10.4. The van der Waals surface area contributed by atoms with Crippen molar-refractivity contribution in [3.05, 3.63) is 17.7 Å². The van der Waals surface area contributed by atoms with Crippen LogP contribution >= 0.6 is 0 Å². The van der Waals surface area contributed by atoms with Crippen molar-refractivity contribution >= 4 is 0 Å². The fraction of sp³-hybridized carbons (Fsp3) is 0.824. The summed E-state index contributed by atoms with van der Waals surface area (Å²) in [6.07, 6.45) is -54.6. The van der Waals surface area contributed by atoms with Crippen molar-refractivity contribution in [1.82, 2.24) is 0 Å². The van der Waals surface area contributed by atoms with E-state index in [2.05, 4.69) is 0 Å². The first-order valence-electron chi connectivity index (χ1n) is 20.3. The summed E-state index contributed by atoms with van der Waals surface area (Å²) >= 11 is 0. The Labute approximate surface area is 473 Å². The van der Waals surface area contributed by atoms with Crippen LogP contribution in [0.15, 0.2) is 12.1 Å². The molecule has 0 unspecified atom stereocenters. The fourth-order valence-corrected chi connectivity index (χ4v) is 5.61. The summed E-state index contributed by atoms with van der Waals surface area (Å²) in [5, 5.41) is 9.11. The second kappa shape index (κ2) is 22.3. The second-order valence-electron chi connectivity index (χ2n) is 17.5. The van der Waals surface area contributed by atoms with Crippen molar-refractivity contribution in [2.24, 2.45) is 0 Å². The number of ether oxygens (including phenoxy) is 3. The molecule has 0 atom stereocenters. The molecule has 1 rings (SSSR count). The molecule has 0 saturated heterocycles. The van der Waals surface area contributed by atoms with Gasteiger partial charge in [-0.3, -0.25) is 0 Å². The van der Waals surface area contributed by atoms with Crippen molar-refractivity contribution < 1.29 is 270 Å². The van der Waals surface area contributed by atoms with Gasteiger partial charge in [0.05, 0.1) is 6.61 Å². The number of alkyl halides is 57. The summed E-state index contributed by atoms with van der Waals surface area (Å²) in [6, 6.07) is -4.44. The van der Waals surface area contributed by atoms with E-state index in [1.165, 1.54) is 0 Å². The van der Waals surface area contributed by atoms with E-state index in [1.807, 2.05) is 0 Å². The van der Waals surface area contributed by atoms with Crippen LogP contribution in [0.4, 0.5) is 250 Å². The van der Waals surface area contributed by atoms with Crippen LogP contribution in [-0.2, 0) is 6.61 Å². The number of hydrogen-bond acceptors (Lipinski definition) is 4. The topological polar surface area (TPSA) is 47.9 Å². The predicted molar refractivity (Wildman–Crippen MR) is 171 cm³/mol. The van der Waals surface area contributed by atoms with Crippen LogP contribution in [0.3, 0.4) is 0 Å². The highest BCUT2D eigenvalue weighted by Gasteiger charge is 3.01. The molecule has 95 heavy (non-hydrogen) atoms. The van der Waals surface area contributed by atoms with Crippen LogP contribution in [-0.4, -0.2) is 166 Å². The van der Waals surface area contributed by atoms with E-state index < -0.39 is 203 Å². The molecular weight excluding hydrogens is 1560 g/mol. The van der Waals surface area contributed by atoms with Gasteiger partial charge >= 0.3 is 161 Å². The van der Waals surface area contributed by atoms with E-state index in [0.717, 1.165) is 0 Å². The lowest BCUT2D eigenvalue weighted by Gasteiger charge is -2.44. The summed E-state index contributed by atoms with van der Waals surface area (Å²) in [7, 11) is 0. The first kappa shape index (κ1) is 87.6. The van der Waals surface area contributed by atoms with Crippen LogP contribution in [0.1, 0.15) is 5.56 Å². The number of hydrogen-bond donors (Lipinski definition) is 1. The summed E-state index contributed by atoms with van der Waals surface area (Å²) in [5.74, 6) is -225. The highest BCUT2D eigenvalue weighted by Crippen LogP contribution is 2.70. The molecule has 0 saturated carbocycles. The number of benzene rings is 1. The standard InChI is InChI=1S/C34H5F57O4/c35-8(36,11(41,42)17(53,54)23(65,66)29(77,78)79)14(47,48)20(59,60)26(71,72)32(86,87)93-5-1-4(3-92)2-6(94-33(88,89)27(73,74)21(61,62)15(49,50)9(37,38)12(43,44)18(55,56)24(67,68)30(80,81)82)7(5)95-34(90,91)28(75,76)22(63,64)16(51,52)10(39,40)13(45,46)19(57,58)25(69,70)31(83,84)85/h1-2,92H,3H2. The summed E-state index contributed by atoms with van der Waals surface area (Å²) in [6.45, 7) is -3.28. The molecule has 1 aromatic rings. The van der Waals surface area contributed by atoms with E-state index >= 15 is 26.3 Å². The second-order valence-corrected chi connectivity index (χ2v) is 17.5. The van der Waals surface area contributed by atoms with E-state index in [-0.39, 0.29) is 0 Å². The number of rotatable bonds is 28. The lowest BCUT2D eigenvalue weighted by molar-refractivity contribution is -0.478. The van der Waals surface area contributed by atoms with E-state index in [9.17, 15) is 224 Å². The van der Waals surface area contributed by atoms with Crippen molar-refractivity contribution in [1.29, 1.82) is 0 Å². The molecule has 4 nitrogen and oxygen atoms in total. The summed E-state index contributed by atoms with van der Waals surface area (Å²) in [4.78, 5) is 0. The van der Waals surface area contributed by atoms with Gasteiger partial charge in [-0.25, -0.2) is 0 Å². The minimum absolute atomic E-state index is 1.65. The highest BCUT2D eigenvalue weighted by molar-refractivity contribution is 5.55. The highest BCUT2D eigenvalue weighted by atomic mass is 19.5. The molecule has 0 amide bonds. The third kappa shape index (κ3) is 11.2. The van der Waals surface area contributed by atoms with Crippen molar-refractivity contribution in [3.8, 4) is 17.2 Å². The van der Waals surface area contributed by atoms with E-state index in [0.29, 0.717) is 0 Å². The molecule has 61 heteroatoms. The molecule has 0 aliphatic rings. The maximum Gasteiger partial charge on any atom is 0.471 e. The maximum atomic E-state index is 15.2. The van der Waals surface area contributed by atoms with Gasteiger partial charge in [0.1, 0.15) is 0 Å². The third-order valence-electron chi connectivity index (χ3n) is 11.2. The molecule has 1 aromatic carbocycles. The van der Waals surface area contributed by atoms with Gasteiger partial charge in [0.25, 0.3) is 0 Å².